The molecule has 0 amide bonds. The lowest BCUT2D eigenvalue weighted by Crippen LogP contribution is -2.59. The van der Waals surface area contributed by atoms with Crippen LogP contribution in [-0.2, 0) is 4.79 Å². The Kier molecular flexibility index (Phi) is 6.17. The number of unbranched alkanes of at least 4 members (excludes halogenated alkanes) is 2. The third-order valence-corrected chi connectivity index (χ3v) is 4.54. The van der Waals surface area contributed by atoms with Gasteiger partial charge < -0.3 is 15.3 Å². The Bertz CT molecular complexity index is 737. The number of carboxylic acid groups (broad SMARTS) is 1. The Morgan fingerprint density at radius 2 is 2.04 bits per heavy atom. The topological polar surface area (TPSA) is 120 Å². The number of carbonyl (C=O) groups is 1. The van der Waals surface area contributed by atoms with Crippen LogP contribution in [0.2, 0.25) is 0 Å². The van der Waals surface area contributed by atoms with Gasteiger partial charge in [-0.15, -0.1) is 0 Å². The molecule has 0 spiro atoms. The average molecular weight is 347 g/mol. The fourth-order valence-electron chi connectivity index (χ4n) is 3.10. The number of nitrogens with two attached hydrogens (primary N) is 1. The minimum absolute atomic E-state index is 0.0183. The van der Waals surface area contributed by atoms with Gasteiger partial charge in [-0.3, -0.25) is 9.99 Å². The molecule has 0 aliphatic rings. The molecule has 1 heterocycles. The molecule has 2 rings (SSSR count). The average Bonchev–Trinajstić information content (AvgIpc) is 2.59. The molecule has 0 aliphatic carbocycles. The molecule has 1 unspecified atom stereocenters. The number of hydrogen-bond acceptors (Lipinski definition) is 6. The summed E-state index contributed by atoms with van der Waals surface area (Å²) in [7, 11) is 0. The maximum Gasteiger partial charge on any atom is 0.331 e. The summed E-state index contributed by atoms with van der Waals surface area (Å²) in [6, 6.07) is 6.31. The molecular formula is C18H25N3O4. The quantitative estimate of drug-likeness (QED) is 0.312. The number of aliphatic hydroxyl groups is 1. The molecule has 1 aromatic carbocycles. The second-order valence-corrected chi connectivity index (χ2v) is 6.17. The Balaban J connectivity index is 2.51. The number of pyridine rings is 1. The maximum absolute atomic E-state index is 12.1. The van der Waals surface area contributed by atoms with Crippen LogP contribution < -0.4 is 10.9 Å². The van der Waals surface area contributed by atoms with Gasteiger partial charge in [0.25, 0.3) is 0 Å². The highest BCUT2D eigenvalue weighted by molar-refractivity contribution is 5.95. The number of phenolic OH excluding ortho intramolecular Hbond substituents is 1. The number of aliphatic hydroxyl groups excluding tert-OH is 1. The molecule has 1 aromatic heterocycles. The molecule has 0 bridgehead atoms. The second kappa shape index (κ2) is 8.13. The van der Waals surface area contributed by atoms with Crippen molar-refractivity contribution >= 4 is 22.6 Å². The van der Waals surface area contributed by atoms with Crippen molar-refractivity contribution in [2.75, 3.05) is 11.6 Å². The summed E-state index contributed by atoms with van der Waals surface area (Å²) in [5.41, 5.74) is -0.391. The van der Waals surface area contributed by atoms with E-state index in [2.05, 4.69) is 4.98 Å². The van der Waals surface area contributed by atoms with E-state index in [1.165, 1.54) is 23.3 Å². The van der Waals surface area contributed by atoms with Gasteiger partial charge in [0.15, 0.2) is 5.54 Å². The smallest absolute Gasteiger partial charge is 0.331 e. The molecule has 5 N–H and O–H groups in total. The van der Waals surface area contributed by atoms with Gasteiger partial charge in [0.2, 0.25) is 0 Å². The minimum atomic E-state index is -1.41. The SMILES string of the molecule is CCCCCC(CCO)(C(=O)O)N(N)c1ccnc2cc(O)ccc12. The predicted molar refractivity (Wildman–Crippen MR) is 96.3 cm³/mol. The van der Waals surface area contributed by atoms with E-state index in [4.69, 9.17) is 5.84 Å². The zero-order valence-corrected chi connectivity index (χ0v) is 14.4. The summed E-state index contributed by atoms with van der Waals surface area (Å²) < 4.78 is 0. The molecule has 0 radical (unpaired) electrons. The normalized spacial score (nSPS) is 13.6. The van der Waals surface area contributed by atoms with Gasteiger partial charge in [-0.2, -0.15) is 0 Å². The van der Waals surface area contributed by atoms with Crippen LogP contribution in [0.15, 0.2) is 30.5 Å². The molecule has 7 nitrogen and oxygen atoms in total. The van der Waals surface area contributed by atoms with Crippen LogP contribution >= 0.6 is 0 Å². The number of anilines is 1. The van der Waals surface area contributed by atoms with Crippen LogP contribution in [0.3, 0.4) is 0 Å². The van der Waals surface area contributed by atoms with Crippen LogP contribution in [-0.4, -0.2) is 38.4 Å². The van der Waals surface area contributed by atoms with Gasteiger partial charge in [-0.1, -0.05) is 26.2 Å². The summed E-state index contributed by atoms with van der Waals surface area (Å²) in [5, 5.41) is 30.9. The summed E-state index contributed by atoms with van der Waals surface area (Å²) >= 11 is 0. The van der Waals surface area contributed by atoms with Gasteiger partial charge in [-0.05, 0) is 24.6 Å². The van der Waals surface area contributed by atoms with E-state index in [0.717, 1.165) is 12.8 Å². The van der Waals surface area contributed by atoms with E-state index in [9.17, 15) is 20.1 Å². The van der Waals surface area contributed by atoms with Gasteiger partial charge in [0, 0.05) is 30.7 Å². The van der Waals surface area contributed by atoms with Crippen LogP contribution in [0.5, 0.6) is 5.75 Å². The Morgan fingerprint density at radius 1 is 1.28 bits per heavy atom. The molecule has 7 heteroatoms. The number of hydrazine groups is 1. The van der Waals surface area contributed by atoms with Crippen molar-refractivity contribution in [3.63, 3.8) is 0 Å². The van der Waals surface area contributed by atoms with Gasteiger partial charge in [-0.25, -0.2) is 10.6 Å². The third-order valence-electron chi connectivity index (χ3n) is 4.54. The Hall–Kier alpha value is -2.38. The lowest BCUT2D eigenvalue weighted by Gasteiger charge is -2.39. The highest BCUT2D eigenvalue weighted by Gasteiger charge is 2.43. The van der Waals surface area contributed by atoms with Crippen molar-refractivity contribution in [2.45, 2.75) is 44.6 Å². The highest BCUT2D eigenvalue weighted by atomic mass is 16.4. The number of carboxylic acids is 1. The number of rotatable bonds is 9. The molecule has 0 fully saturated rings. The van der Waals surface area contributed by atoms with Crippen molar-refractivity contribution in [1.29, 1.82) is 0 Å². The van der Waals surface area contributed by atoms with E-state index < -0.39 is 11.5 Å². The fraction of sp³-hybridized carbons (Fsp3) is 0.444. The molecule has 0 saturated carbocycles. The lowest BCUT2D eigenvalue weighted by molar-refractivity contribution is -0.144. The van der Waals surface area contributed by atoms with Crippen LogP contribution in [0, 0.1) is 0 Å². The number of aromatic hydroxyl groups is 1. The number of hydrogen-bond donors (Lipinski definition) is 4. The van der Waals surface area contributed by atoms with Gasteiger partial charge in [0.1, 0.15) is 5.75 Å². The molecule has 0 saturated heterocycles. The molecule has 136 valence electrons. The highest BCUT2D eigenvalue weighted by Crippen LogP contribution is 2.34. The zero-order valence-electron chi connectivity index (χ0n) is 14.4. The molecular weight excluding hydrogens is 322 g/mol. The van der Waals surface area contributed by atoms with Crippen LogP contribution in [0.4, 0.5) is 5.69 Å². The first-order valence-electron chi connectivity index (χ1n) is 8.43. The summed E-state index contributed by atoms with van der Waals surface area (Å²) in [4.78, 5) is 16.3. The van der Waals surface area contributed by atoms with Crippen molar-refractivity contribution in [3.05, 3.63) is 30.5 Å². The van der Waals surface area contributed by atoms with E-state index >= 15 is 0 Å². The van der Waals surface area contributed by atoms with Crippen LogP contribution in [0.25, 0.3) is 10.9 Å². The third kappa shape index (κ3) is 3.83. The number of aromatic nitrogens is 1. The zero-order chi connectivity index (χ0) is 18.4. The van der Waals surface area contributed by atoms with E-state index in [-0.39, 0.29) is 18.8 Å². The molecule has 1 atom stereocenters. The van der Waals surface area contributed by atoms with Crippen LogP contribution in [0.1, 0.15) is 39.0 Å². The summed E-state index contributed by atoms with van der Waals surface area (Å²) in [5.74, 6) is 5.31. The van der Waals surface area contributed by atoms with E-state index in [1.807, 2.05) is 6.92 Å². The monoisotopic (exact) mass is 347 g/mol. The lowest BCUT2D eigenvalue weighted by atomic mass is 9.87. The van der Waals surface area contributed by atoms with Gasteiger partial charge >= 0.3 is 5.97 Å². The van der Waals surface area contributed by atoms with E-state index in [0.29, 0.717) is 29.4 Å². The molecule has 2 aromatic rings. The van der Waals surface area contributed by atoms with Gasteiger partial charge in [0.05, 0.1) is 11.2 Å². The van der Waals surface area contributed by atoms with Crippen molar-refractivity contribution in [3.8, 4) is 5.75 Å². The first-order chi connectivity index (χ1) is 12.0. The summed E-state index contributed by atoms with van der Waals surface area (Å²) in [6.45, 7) is 1.76. The predicted octanol–water partition coefficient (Wildman–Crippen LogP) is 2.41. The number of fused-ring (bicyclic) bond motifs is 1. The first kappa shape index (κ1) is 19.0. The van der Waals surface area contributed by atoms with Crippen molar-refractivity contribution in [1.82, 2.24) is 4.98 Å². The maximum atomic E-state index is 12.1. The van der Waals surface area contributed by atoms with Crippen molar-refractivity contribution in [2.24, 2.45) is 5.84 Å². The number of nitrogens with zero attached hydrogens (tertiary/aromatic N) is 2. The Morgan fingerprint density at radius 3 is 2.68 bits per heavy atom. The first-order valence-corrected chi connectivity index (χ1v) is 8.43. The molecule has 0 aliphatic heterocycles. The summed E-state index contributed by atoms with van der Waals surface area (Å²) in [6.07, 6.45) is 4.41. The van der Waals surface area contributed by atoms with Crippen molar-refractivity contribution < 1.29 is 20.1 Å². The molecule has 25 heavy (non-hydrogen) atoms. The fourth-order valence-corrected chi connectivity index (χ4v) is 3.10. The second-order valence-electron chi connectivity index (χ2n) is 6.17. The standard InChI is InChI=1S/C18H25N3O4/c1-2-3-4-8-18(9-11-22,17(24)25)21(19)16-7-10-20-15-12-13(23)5-6-14(15)16/h5-7,10,12,22-23H,2-4,8-9,11,19H2,1H3,(H,24,25). The largest absolute Gasteiger partial charge is 0.508 e. The number of phenols is 1. The Labute approximate surface area is 146 Å². The number of benzene rings is 1. The minimum Gasteiger partial charge on any atom is -0.508 e. The number of aliphatic carboxylic acids is 1. The van der Waals surface area contributed by atoms with E-state index in [1.54, 1.807) is 12.1 Å².